The van der Waals surface area contributed by atoms with Crippen molar-refractivity contribution in [1.29, 1.82) is 0 Å². The minimum atomic E-state index is -0.669. The molecule has 1 aliphatic rings. The number of halogens is 2. The summed E-state index contributed by atoms with van der Waals surface area (Å²) < 4.78 is 26.7. The van der Waals surface area contributed by atoms with Crippen molar-refractivity contribution in [2.75, 3.05) is 12.3 Å². The van der Waals surface area contributed by atoms with Gasteiger partial charge in [0.25, 0.3) is 0 Å². The highest BCUT2D eigenvalue weighted by molar-refractivity contribution is 7.99. The van der Waals surface area contributed by atoms with Crippen LogP contribution in [0.2, 0.25) is 0 Å². The molecule has 5 heteroatoms. The second kappa shape index (κ2) is 6.71. The maximum Gasteiger partial charge on any atom is 0.228 e. The third-order valence-electron chi connectivity index (χ3n) is 3.93. The van der Waals surface area contributed by atoms with Crippen molar-refractivity contribution in [1.82, 2.24) is 4.90 Å². The number of nitrogens with zero attached hydrogens (tertiary/aromatic N) is 1. The van der Waals surface area contributed by atoms with Crippen molar-refractivity contribution < 1.29 is 13.6 Å². The minimum absolute atomic E-state index is 0.0355. The number of benzene rings is 2. The molecule has 2 nitrogen and oxygen atoms in total. The molecule has 0 aliphatic carbocycles. The summed E-state index contributed by atoms with van der Waals surface area (Å²) in [5.41, 5.74) is 2.48. The number of hydrogen-bond donors (Lipinski definition) is 0. The number of carbonyl (C=O) groups excluding carboxylic acids is 1. The zero-order valence-corrected chi connectivity index (χ0v) is 13.6. The topological polar surface area (TPSA) is 20.3 Å². The molecule has 2 aromatic rings. The largest absolute Gasteiger partial charge is 0.325 e. The van der Waals surface area contributed by atoms with Crippen molar-refractivity contribution in [3.05, 3.63) is 70.8 Å². The van der Waals surface area contributed by atoms with Crippen molar-refractivity contribution in [2.45, 2.75) is 18.7 Å². The van der Waals surface area contributed by atoms with Crippen LogP contribution in [0.5, 0.6) is 0 Å². The Hall–Kier alpha value is -1.88. The van der Waals surface area contributed by atoms with E-state index in [4.69, 9.17) is 0 Å². The Morgan fingerprint density at radius 2 is 1.96 bits per heavy atom. The predicted octanol–water partition coefficient (Wildman–Crippen LogP) is 4.09. The highest BCUT2D eigenvalue weighted by Crippen LogP contribution is 2.38. The Labute approximate surface area is 138 Å². The number of amides is 1. The van der Waals surface area contributed by atoms with E-state index in [1.54, 1.807) is 16.7 Å². The summed E-state index contributed by atoms with van der Waals surface area (Å²) in [6.07, 6.45) is -0.0466. The second-order valence-corrected chi connectivity index (χ2v) is 6.82. The zero-order valence-electron chi connectivity index (χ0n) is 12.8. The lowest BCUT2D eigenvalue weighted by molar-refractivity contribution is -0.130. The van der Waals surface area contributed by atoms with Gasteiger partial charge in [0.2, 0.25) is 5.91 Å². The number of thioether (sulfide) groups is 1. The van der Waals surface area contributed by atoms with E-state index in [9.17, 15) is 13.6 Å². The van der Waals surface area contributed by atoms with Crippen LogP contribution in [0.1, 0.15) is 22.1 Å². The van der Waals surface area contributed by atoms with Crippen LogP contribution in [0.4, 0.5) is 8.78 Å². The molecular formula is C18H17F2NOS. The molecule has 1 aliphatic heterocycles. The lowest BCUT2D eigenvalue weighted by Crippen LogP contribution is -2.31. The molecule has 0 spiro atoms. The van der Waals surface area contributed by atoms with Crippen LogP contribution in [0, 0.1) is 18.6 Å². The molecule has 1 amide bonds. The Bertz CT molecular complexity index is 717. The van der Waals surface area contributed by atoms with Gasteiger partial charge in [-0.15, -0.1) is 11.8 Å². The molecule has 1 fully saturated rings. The first-order valence-corrected chi connectivity index (χ1v) is 8.51. The first-order valence-electron chi connectivity index (χ1n) is 7.46. The van der Waals surface area contributed by atoms with Gasteiger partial charge in [-0.25, -0.2) is 8.78 Å². The fourth-order valence-electron chi connectivity index (χ4n) is 2.66. The summed E-state index contributed by atoms with van der Waals surface area (Å²) in [4.78, 5) is 14.3. The number of carbonyl (C=O) groups is 1. The van der Waals surface area contributed by atoms with Crippen molar-refractivity contribution in [2.24, 2.45) is 0 Å². The summed E-state index contributed by atoms with van der Waals surface area (Å²) in [7, 11) is 0. The summed E-state index contributed by atoms with van der Waals surface area (Å²) in [5.74, 6) is -0.577. The molecule has 1 unspecified atom stereocenters. The van der Waals surface area contributed by atoms with E-state index in [1.807, 2.05) is 31.2 Å². The van der Waals surface area contributed by atoms with Gasteiger partial charge in [-0.1, -0.05) is 35.9 Å². The molecule has 120 valence electrons. The van der Waals surface area contributed by atoms with Gasteiger partial charge in [-0.3, -0.25) is 4.79 Å². The van der Waals surface area contributed by atoms with Gasteiger partial charge in [0.15, 0.2) is 0 Å². The van der Waals surface area contributed by atoms with Gasteiger partial charge in [-0.2, -0.15) is 0 Å². The molecule has 2 aromatic carbocycles. The second-order valence-electron chi connectivity index (χ2n) is 5.63. The molecule has 0 N–H and O–H groups in total. The van der Waals surface area contributed by atoms with E-state index in [1.165, 1.54) is 17.7 Å². The average molecular weight is 333 g/mol. The average Bonchev–Trinajstić information content (AvgIpc) is 3.00. The van der Waals surface area contributed by atoms with Gasteiger partial charge in [-0.05, 0) is 24.1 Å². The van der Waals surface area contributed by atoms with Crippen LogP contribution in [0.15, 0.2) is 42.5 Å². The van der Waals surface area contributed by atoms with E-state index in [2.05, 4.69) is 0 Å². The number of rotatable bonds is 3. The Morgan fingerprint density at radius 1 is 1.22 bits per heavy atom. The first-order chi connectivity index (χ1) is 11.0. The first kappa shape index (κ1) is 16.0. The summed E-state index contributed by atoms with van der Waals surface area (Å²) in [6.45, 7) is 2.66. The normalized spacial score (nSPS) is 17.5. The molecule has 0 aromatic heterocycles. The summed E-state index contributed by atoms with van der Waals surface area (Å²) in [5, 5.41) is -0.0355. The Kier molecular flexibility index (Phi) is 4.66. The minimum Gasteiger partial charge on any atom is -0.325 e. The third kappa shape index (κ3) is 3.55. The monoisotopic (exact) mass is 333 g/mol. The van der Waals surface area contributed by atoms with Crippen LogP contribution < -0.4 is 0 Å². The molecule has 3 rings (SSSR count). The maximum atomic E-state index is 13.7. The standard InChI is InChI=1S/C18H17F2NOS/c1-12-2-4-13(5-3-12)18-21(8-9-23-18)17(22)10-14-6-7-15(19)11-16(14)20/h2-7,11,18H,8-10H2,1H3. The van der Waals surface area contributed by atoms with Crippen LogP contribution in [0.25, 0.3) is 0 Å². The van der Waals surface area contributed by atoms with E-state index in [-0.39, 0.29) is 23.3 Å². The summed E-state index contributed by atoms with van der Waals surface area (Å²) in [6, 6.07) is 11.4. The van der Waals surface area contributed by atoms with Crippen molar-refractivity contribution in [3.8, 4) is 0 Å². The molecular weight excluding hydrogens is 316 g/mol. The van der Waals surface area contributed by atoms with Gasteiger partial charge in [0.1, 0.15) is 17.0 Å². The van der Waals surface area contributed by atoms with Gasteiger partial charge in [0, 0.05) is 18.4 Å². The quantitative estimate of drug-likeness (QED) is 0.843. The van der Waals surface area contributed by atoms with Crippen LogP contribution in [-0.2, 0) is 11.2 Å². The molecule has 1 heterocycles. The van der Waals surface area contributed by atoms with Crippen LogP contribution in [-0.4, -0.2) is 23.1 Å². The maximum absolute atomic E-state index is 13.7. The molecule has 1 atom stereocenters. The Balaban J connectivity index is 1.76. The molecule has 1 saturated heterocycles. The number of hydrogen-bond acceptors (Lipinski definition) is 2. The highest BCUT2D eigenvalue weighted by atomic mass is 32.2. The highest BCUT2D eigenvalue weighted by Gasteiger charge is 2.30. The summed E-state index contributed by atoms with van der Waals surface area (Å²) >= 11 is 1.71. The smallest absolute Gasteiger partial charge is 0.228 e. The van der Waals surface area contributed by atoms with Gasteiger partial charge < -0.3 is 4.90 Å². The van der Waals surface area contributed by atoms with E-state index in [0.717, 1.165) is 17.4 Å². The predicted molar refractivity (Wildman–Crippen MR) is 88.2 cm³/mol. The van der Waals surface area contributed by atoms with Crippen LogP contribution in [0.3, 0.4) is 0 Å². The Morgan fingerprint density at radius 3 is 2.65 bits per heavy atom. The lowest BCUT2D eigenvalue weighted by Gasteiger charge is -2.24. The van der Waals surface area contributed by atoms with Crippen molar-refractivity contribution >= 4 is 17.7 Å². The molecule has 0 bridgehead atoms. The molecule has 0 saturated carbocycles. The van der Waals surface area contributed by atoms with E-state index in [0.29, 0.717) is 6.54 Å². The lowest BCUT2D eigenvalue weighted by atomic mass is 10.1. The zero-order chi connectivity index (χ0) is 16.4. The molecule has 23 heavy (non-hydrogen) atoms. The van der Waals surface area contributed by atoms with Crippen LogP contribution >= 0.6 is 11.8 Å². The SMILES string of the molecule is Cc1ccc(C2SCCN2C(=O)Cc2ccc(F)cc2F)cc1. The fourth-order valence-corrected chi connectivity index (χ4v) is 3.94. The van der Waals surface area contributed by atoms with E-state index < -0.39 is 11.6 Å². The molecule has 0 radical (unpaired) electrons. The fraction of sp³-hybridized carbons (Fsp3) is 0.278. The van der Waals surface area contributed by atoms with Gasteiger partial charge >= 0.3 is 0 Å². The third-order valence-corrected chi connectivity index (χ3v) is 5.19. The number of aryl methyl sites for hydroxylation is 1. The van der Waals surface area contributed by atoms with Gasteiger partial charge in [0.05, 0.1) is 6.42 Å². The van der Waals surface area contributed by atoms with Crippen molar-refractivity contribution in [3.63, 3.8) is 0 Å². The van der Waals surface area contributed by atoms with E-state index >= 15 is 0 Å².